The number of ketones is 1. The highest BCUT2D eigenvalue weighted by atomic mass is 16.5. The molecule has 1 fully saturated rings. The van der Waals surface area contributed by atoms with Gasteiger partial charge in [-0.25, -0.2) is 0 Å². The number of allylic oxidation sites excluding steroid dienone is 3. The van der Waals surface area contributed by atoms with Crippen LogP contribution in [0.25, 0.3) is 0 Å². The summed E-state index contributed by atoms with van der Waals surface area (Å²) in [6.45, 7) is 2.36. The zero-order chi connectivity index (χ0) is 19.1. The first kappa shape index (κ1) is 20.0. The van der Waals surface area contributed by atoms with E-state index in [2.05, 4.69) is 36.4 Å². The lowest BCUT2D eigenvalue weighted by molar-refractivity contribution is -0.120. The predicted molar refractivity (Wildman–Crippen MR) is 109 cm³/mol. The first-order valence-corrected chi connectivity index (χ1v) is 10.4. The first-order valence-electron chi connectivity index (χ1n) is 10.4. The van der Waals surface area contributed by atoms with E-state index in [0.29, 0.717) is 12.5 Å². The number of Topliss-reactive ketones (excluding diaryl/α,β-unsaturated/α-hetero) is 1. The average molecular weight is 369 g/mol. The molecule has 0 aliphatic heterocycles. The molecule has 0 radical (unpaired) electrons. The molecule has 27 heavy (non-hydrogen) atoms. The topological polar surface area (TPSA) is 46.5 Å². The molecule has 2 aliphatic rings. The number of ether oxygens (including phenoxy) is 1. The Bertz CT molecular complexity index is 653. The molecule has 0 bridgehead atoms. The second-order valence-electron chi connectivity index (χ2n) is 7.99. The third kappa shape index (κ3) is 5.40. The number of carbonyl (C=O) groups excluding carboxylic acids is 1. The van der Waals surface area contributed by atoms with Crippen LogP contribution in [0.2, 0.25) is 0 Å². The number of hydrogen-bond donors (Lipinski definition) is 1. The van der Waals surface area contributed by atoms with Crippen molar-refractivity contribution in [2.24, 2.45) is 11.8 Å². The van der Waals surface area contributed by atoms with E-state index in [1.54, 1.807) is 0 Å². The molecule has 3 heteroatoms. The van der Waals surface area contributed by atoms with Gasteiger partial charge in [-0.2, -0.15) is 0 Å². The van der Waals surface area contributed by atoms with Crippen LogP contribution in [-0.4, -0.2) is 30.2 Å². The van der Waals surface area contributed by atoms with Crippen LogP contribution in [0.3, 0.4) is 0 Å². The molecule has 2 atom stereocenters. The second-order valence-corrected chi connectivity index (χ2v) is 7.99. The monoisotopic (exact) mass is 368 g/mol. The number of benzene rings is 1. The lowest BCUT2D eigenvalue weighted by Gasteiger charge is -2.30. The number of aliphatic hydroxyl groups excluding tert-OH is 1. The largest absolute Gasteiger partial charge is 0.396 e. The molecule has 0 heterocycles. The van der Waals surface area contributed by atoms with E-state index >= 15 is 0 Å². The first-order chi connectivity index (χ1) is 13.2. The molecule has 0 saturated heterocycles. The van der Waals surface area contributed by atoms with Gasteiger partial charge in [0.05, 0.1) is 19.3 Å². The zero-order valence-corrected chi connectivity index (χ0v) is 16.3. The lowest BCUT2D eigenvalue weighted by atomic mass is 9.82. The van der Waals surface area contributed by atoms with Gasteiger partial charge in [0.25, 0.3) is 0 Å². The summed E-state index contributed by atoms with van der Waals surface area (Å²) in [7, 11) is 0. The Morgan fingerprint density at radius 2 is 1.85 bits per heavy atom. The molecule has 1 aromatic rings. The highest BCUT2D eigenvalue weighted by Crippen LogP contribution is 2.34. The number of hydrogen-bond acceptors (Lipinski definition) is 3. The summed E-state index contributed by atoms with van der Waals surface area (Å²) < 4.78 is 6.15. The zero-order valence-electron chi connectivity index (χ0n) is 16.3. The highest BCUT2D eigenvalue weighted by Gasteiger charge is 2.27. The van der Waals surface area contributed by atoms with Crippen molar-refractivity contribution in [3.05, 3.63) is 59.7 Å². The minimum Gasteiger partial charge on any atom is -0.396 e. The third-order valence-corrected chi connectivity index (χ3v) is 6.05. The Morgan fingerprint density at radius 1 is 1.11 bits per heavy atom. The van der Waals surface area contributed by atoms with Gasteiger partial charge in [-0.3, -0.25) is 4.79 Å². The standard InChI is InChI=1S/C24H32O3/c1-18-8-4-2-7-11-23(24(18)26)21(16-25)17-27-22-14-12-20(13-15-22)19-9-5-3-6-10-19/h2-3,5-7,9-11,18,20-22,25H,4,8,12-17H2,1H3/b7-2-,23-11-. The van der Waals surface area contributed by atoms with E-state index in [1.165, 1.54) is 5.56 Å². The van der Waals surface area contributed by atoms with Crippen LogP contribution in [0.5, 0.6) is 0 Å². The molecule has 0 aromatic heterocycles. The summed E-state index contributed by atoms with van der Waals surface area (Å²) in [5.41, 5.74) is 2.15. The van der Waals surface area contributed by atoms with E-state index in [-0.39, 0.29) is 30.3 Å². The Balaban J connectivity index is 1.53. The second kappa shape index (κ2) is 10.0. The summed E-state index contributed by atoms with van der Waals surface area (Å²) in [6, 6.07) is 10.7. The molecule has 1 aromatic carbocycles. The van der Waals surface area contributed by atoms with Crippen LogP contribution < -0.4 is 0 Å². The summed E-state index contributed by atoms with van der Waals surface area (Å²) in [4.78, 5) is 12.7. The average Bonchev–Trinajstić information content (AvgIpc) is 2.71. The van der Waals surface area contributed by atoms with Crippen LogP contribution in [0.15, 0.2) is 54.1 Å². The Kier molecular flexibility index (Phi) is 7.42. The minimum atomic E-state index is -0.227. The van der Waals surface area contributed by atoms with Gasteiger partial charge < -0.3 is 9.84 Å². The Morgan fingerprint density at radius 3 is 2.56 bits per heavy atom. The van der Waals surface area contributed by atoms with Gasteiger partial charge >= 0.3 is 0 Å². The normalized spacial score (nSPS) is 30.7. The van der Waals surface area contributed by atoms with Gasteiger partial charge in [-0.05, 0) is 50.0 Å². The number of rotatable bonds is 6. The molecule has 1 N–H and O–H groups in total. The van der Waals surface area contributed by atoms with Gasteiger partial charge in [-0.15, -0.1) is 0 Å². The maximum atomic E-state index is 12.7. The molecule has 1 saturated carbocycles. The minimum absolute atomic E-state index is 0.0107. The summed E-state index contributed by atoms with van der Waals surface area (Å²) in [5.74, 6) is 0.571. The van der Waals surface area contributed by atoms with Crippen molar-refractivity contribution in [1.29, 1.82) is 0 Å². The van der Waals surface area contributed by atoms with E-state index < -0.39 is 0 Å². The summed E-state index contributed by atoms with van der Waals surface area (Å²) >= 11 is 0. The van der Waals surface area contributed by atoms with E-state index in [4.69, 9.17) is 4.74 Å². The molecule has 0 spiro atoms. The fourth-order valence-electron chi connectivity index (χ4n) is 4.23. The Hall–Kier alpha value is -1.71. The predicted octanol–water partition coefficient (Wildman–Crippen LogP) is 4.82. The quantitative estimate of drug-likeness (QED) is 0.783. The fraction of sp³-hybridized carbons (Fsp3) is 0.542. The van der Waals surface area contributed by atoms with E-state index in [1.807, 2.05) is 19.1 Å². The van der Waals surface area contributed by atoms with Gasteiger partial charge in [0.1, 0.15) is 0 Å². The molecule has 0 amide bonds. The highest BCUT2D eigenvalue weighted by molar-refractivity contribution is 5.97. The van der Waals surface area contributed by atoms with E-state index in [9.17, 15) is 9.90 Å². The molecule has 2 unspecified atom stereocenters. The lowest BCUT2D eigenvalue weighted by Crippen LogP contribution is -2.29. The SMILES string of the molecule is CC1CC/C=C\C=C(\C(CO)COC2CCC(c3ccccc3)CC2)C1=O. The fourth-order valence-corrected chi connectivity index (χ4v) is 4.23. The molecule has 2 aliphatic carbocycles. The van der Waals surface area contributed by atoms with Crippen molar-refractivity contribution in [2.45, 2.75) is 57.5 Å². The maximum absolute atomic E-state index is 12.7. The maximum Gasteiger partial charge on any atom is 0.162 e. The number of aliphatic hydroxyl groups is 1. The third-order valence-electron chi connectivity index (χ3n) is 6.05. The van der Waals surface area contributed by atoms with Crippen LogP contribution in [0.4, 0.5) is 0 Å². The van der Waals surface area contributed by atoms with Crippen LogP contribution in [0, 0.1) is 11.8 Å². The van der Waals surface area contributed by atoms with Gasteiger partial charge in [0.2, 0.25) is 0 Å². The molecule has 3 rings (SSSR count). The van der Waals surface area contributed by atoms with Gasteiger partial charge in [0, 0.05) is 17.4 Å². The van der Waals surface area contributed by atoms with Crippen molar-refractivity contribution >= 4 is 5.78 Å². The van der Waals surface area contributed by atoms with Crippen molar-refractivity contribution in [3.8, 4) is 0 Å². The van der Waals surface area contributed by atoms with Crippen LogP contribution in [0.1, 0.15) is 56.9 Å². The summed E-state index contributed by atoms with van der Waals surface area (Å²) in [6.07, 6.45) is 12.3. The van der Waals surface area contributed by atoms with Crippen molar-refractivity contribution in [3.63, 3.8) is 0 Å². The van der Waals surface area contributed by atoms with Crippen LogP contribution >= 0.6 is 0 Å². The van der Waals surface area contributed by atoms with E-state index in [0.717, 1.165) is 44.1 Å². The van der Waals surface area contributed by atoms with Gasteiger partial charge in [0.15, 0.2) is 5.78 Å². The van der Waals surface area contributed by atoms with Crippen LogP contribution in [-0.2, 0) is 9.53 Å². The van der Waals surface area contributed by atoms with Gasteiger partial charge in [-0.1, -0.05) is 55.5 Å². The van der Waals surface area contributed by atoms with Crippen molar-refractivity contribution in [1.82, 2.24) is 0 Å². The van der Waals surface area contributed by atoms with Crippen molar-refractivity contribution in [2.75, 3.05) is 13.2 Å². The molecular formula is C24H32O3. The molecule has 146 valence electrons. The summed E-state index contributed by atoms with van der Waals surface area (Å²) in [5, 5.41) is 9.87. The van der Waals surface area contributed by atoms with Crippen molar-refractivity contribution < 1.29 is 14.6 Å². The molecule has 3 nitrogen and oxygen atoms in total. The Labute approximate surface area is 163 Å². The number of carbonyl (C=O) groups is 1. The smallest absolute Gasteiger partial charge is 0.162 e. The molecular weight excluding hydrogens is 336 g/mol.